The maximum absolute atomic E-state index is 13.2. The van der Waals surface area contributed by atoms with E-state index in [1.165, 1.54) is 6.92 Å². The lowest BCUT2D eigenvalue weighted by Crippen LogP contribution is -2.70. The van der Waals surface area contributed by atoms with Gasteiger partial charge in [0, 0.05) is 42.3 Å². The summed E-state index contributed by atoms with van der Waals surface area (Å²) in [4.78, 5) is 29.0. The number of pyridine rings is 1. The van der Waals surface area contributed by atoms with Crippen LogP contribution in [0.1, 0.15) is 65.5 Å². The summed E-state index contributed by atoms with van der Waals surface area (Å²) in [6.45, 7) is 9.85. The van der Waals surface area contributed by atoms with Crippen LogP contribution in [-0.2, 0) is 9.53 Å². The molecule has 8 heteroatoms. The molecule has 0 bridgehead atoms. The van der Waals surface area contributed by atoms with Crippen LogP contribution >= 0.6 is 0 Å². The number of aliphatic hydroxyl groups excluding tert-OH is 2. The van der Waals surface area contributed by atoms with E-state index in [0.29, 0.717) is 12.0 Å². The van der Waals surface area contributed by atoms with Gasteiger partial charge in [0.05, 0.1) is 18.8 Å². The first-order chi connectivity index (χ1) is 16.9. The van der Waals surface area contributed by atoms with Crippen molar-refractivity contribution in [2.45, 2.75) is 71.7 Å². The second-order valence-corrected chi connectivity index (χ2v) is 11.7. The number of nitrogens with zero attached hydrogens (tertiary/aromatic N) is 1. The van der Waals surface area contributed by atoms with Crippen LogP contribution in [0, 0.1) is 28.6 Å². The van der Waals surface area contributed by atoms with Gasteiger partial charge in [-0.2, -0.15) is 0 Å². The molecular weight excluding hydrogens is 462 g/mol. The minimum absolute atomic E-state index is 0.0670. The van der Waals surface area contributed by atoms with Crippen molar-refractivity contribution in [2.75, 3.05) is 6.61 Å². The van der Waals surface area contributed by atoms with Crippen molar-refractivity contribution in [2.24, 2.45) is 28.6 Å². The summed E-state index contributed by atoms with van der Waals surface area (Å²) >= 11 is 0. The number of carbonyl (C=O) groups is 1. The zero-order valence-corrected chi connectivity index (χ0v) is 21.5. The van der Waals surface area contributed by atoms with E-state index < -0.39 is 40.2 Å². The van der Waals surface area contributed by atoms with Crippen LogP contribution in [0.25, 0.3) is 11.3 Å². The Balaban J connectivity index is 1.61. The van der Waals surface area contributed by atoms with Gasteiger partial charge in [0.25, 0.3) is 0 Å². The molecule has 1 aliphatic heterocycles. The Labute approximate surface area is 210 Å². The third-order valence-electron chi connectivity index (χ3n) is 9.71. The number of esters is 1. The SMILES string of the molecule is CC(=O)OC[C@@]1(C)C2C[C@H](O)[C@@]3(C)Oc4cc(-c5cccnc5)oc(=O)c4[C@H](O)C3[C@@]2(C)CC[C@@H]1C. The average molecular weight is 498 g/mol. The quantitative estimate of drug-likeness (QED) is 0.613. The molecule has 0 saturated heterocycles. The highest BCUT2D eigenvalue weighted by Gasteiger charge is 2.68. The maximum atomic E-state index is 13.2. The number of hydrogen-bond acceptors (Lipinski definition) is 8. The number of fused-ring (bicyclic) bond motifs is 4. The van der Waals surface area contributed by atoms with Gasteiger partial charge in [-0.25, -0.2) is 4.79 Å². The van der Waals surface area contributed by atoms with Crippen molar-refractivity contribution < 1.29 is 28.9 Å². The van der Waals surface area contributed by atoms with Crippen LogP contribution < -0.4 is 10.4 Å². The molecule has 2 fully saturated rings. The number of aromatic nitrogens is 1. The molecule has 2 aromatic rings. The van der Waals surface area contributed by atoms with Gasteiger partial charge in [-0.3, -0.25) is 9.78 Å². The van der Waals surface area contributed by atoms with E-state index in [1.807, 2.05) is 6.92 Å². The van der Waals surface area contributed by atoms with Gasteiger partial charge in [0.1, 0.15) is 22.7 Å². The second-order valence-electron chi connectivity index (χ2n) is 11.7. The molecule has 2 N–H and O–H groups in total. The first-order valence-corrected chi connectivity index (χ1v) is 12.7. The summed E-state index contributed by atoms with van der Waals surface area (Å²) in [6, 6.07) is 5.12. The van der Waals surface area contributed by atoms with Crippen molar-refractivity contribution in [1.29, 1.82) is 0 Å². The molecule has 0 radical (unpaired) electrons. The summed E-state index contributed by atoms with van der Waals surface area (Å²) in [7, 11) is 0. The molecule has 0 amide bonds. The highest BCUT2D eigenvalue weighted by atomic mass is 16.5. The number of rotatable bonds is 3. The molecule has 2 aromatic heterocycles. The molecule has 2 aliphatic carbocycles. The molecular formula is C28H35NO7. The fourth-order valence-electron chi connectivity index (χ4n) is 7.55. The monoisotopic (exact) mass is 497 g/mol. The van der Waals surface area contributed by atoms with Gasteiger partial charge in [0.2, 0.25) is 0 Å². The topological polar surface area (TPSA) is 119 Å². The van der Waals surface area contributed by atoms with Crippen LogP contribution in [0.4, 0.5) is 0 Å². The number of ether oxygens (including phenoxy) is 2. The van der Waals surface area contributed by atoms with E-state index in [4.69, 9.17) is 13.9 Å². The minimum Gasteiger partial charge on any atom is -0.484 e. The predicted molar refractivity (Wildman–Crippen MR) is 131 cm³/mol. The van der Waals surface area contributed by atoms with Gasteiger partial charge in [-0.15, -0.1) is 0 Å². The normalized spacial score (nSPS) is 39.2. The molecule has 2 unspecified atom stereocenters. The summed E-state index contributed by atoms with van der Waals surface area (Å²) in [5, 5.41) is 23.3. The lowest BCUT2D eigenvalue weighted by atomic mass is 9.41. The summed E-state index contributed by atoms with van der Waals surface area (Å²) in [5.41, 5.74) is -1.98. The van der Waals surface area contributed by atoms with E-state index >= 15 is 0 Å². The van der Waals surface area contributed by atoms with Gasteiger partial charge < -0.3 is 24.1 Å². The van der Waals surface area contributed by atoms with E-state index in [0.717, 1.165) is 12.8 Å². The molecule has 3 heterocycles. The lowest BCUT2D eigenvalue weighted by molar-refractivity contribution is -0.257. The van der Waals surface area contributed by atoms with Crippen LogP contribution in [0.2, 0.25) is 0 Å². The fourth-order valence-corrected chi connectivity index (χ4v) is 7.55. The number of hydrogen-bond donors (Lipinski definition) is 2. The van der Waals surface area contributed by atoms with Gasteiger partial charge >= 0.3 is 11.6 Å². The van der Waals surface area contributed by atoms with Crippen molar-refractivity contribution >= 4 is 5.97 Å². The lowest BCUT2D eigenvalue weighted by Gasteiger charge is -2.66. The van der Waals surface area contributed by atoms with Crippen LogP contribution in [-0.4, -0.2) is 39.5 Å². The molecule has 0 spiro atoms. The minimum atomic E-state index is -1.19. The Morgan fingerprint density at radius 1 is 1.28 bits per heavy atom. The Morgan fingerprint density at radius 3 is 2.69 bits per heavy atom. The van der Waals surface area contributed by atoms with Crippen molar-refractivity contribution in [1.82, 2.24) is 4.98 Å². The Bertz CT molecular complexity index is 1230. The second kappa shape index (κ2) is 8.42. The number of aliphatic hydroxyl groups is 2. The summed E-state index contributed by atoms with van der Waals surface area (Å²) in [6.07, 6.45) is 3.21. The van der Waals surface area contributed by atoms with E-state index in [1.54, 1.807) is 30.6 Å². The predicted octanol–water partition coefficient (Wildman–Crippen LogP) is 3.89. The average Bonchev–Trinajstić information content (AvgIpc) is 2.82. The Kier molecular flexibility index (Phi) is 5.84. The number of carbonyl (C=O) groups excluding carboxylic acids is 1. The largest absolute Gasteiger partial charge is 0.484 e. The standard InChI is InChI=1S/C28H35NO7/c1-15-8-9-26(3)20(27(15,4)14-34-16(2)30)12-21(31)28(5)24(26)23(32)22-19(36-28)11-18(35-25(22)33)17-7-6-10-29-13-17/h6-7,10-11,13,15,20-21,23-24,31-32H,8-9,12,14H2,1-5H3/t15-,20?,21-,23-,24?,26-,27+,28+/m0/s1. The zero-order valence-electron chi connectivity index (χ0n) is 21.5. The molecule has 5 rings (SSSR count). The molecule has 8 atom stereocenters. The fraction of sp³-hybridized carbons (Fsp3) is 0.607. The molecule has 0 aromatic carbocycles. The molecule has 8 nitrogen and oxygen atoms in total. The van der Waals surface area contributed by atoms with Crippen LogP contribution in [0.5, 0.6) is 5.75 Å². The zero-order chi connectivity index (χ0) is 26.0. The van der Waals surface area contributed by atoms with Gasteiger partial charge in [0.15, 0.2) is 0 Å². The molecule has 3 aliphatic rings. The highest BCUT2D eigenvalue weighted by Crippen LogP contribution is 2.67. The molecule has 194 valence electrons. The Morgan fingerprint density at radius 2 is 2.03 bits per heavy atom. The van der Waals surface area contributed by atoms with E-state index in [9.17, 15) is 19.8 Å². The van der Waals surface area contributed by atoms with Gasteiger partial charge in [-0.1, -0.05) is 20.8 Å². The summed E-state index contributed by atoms with van der Waals surface area (Å²) in [5.74, 6) is -0.216. The van der Waals surface area contributed by atoms with Crippen molar-refractivity contribution in [3.05, 3.63) is 46.6 Å². The highest BCUT2D eigenvalue weighted by molar-refractivity contribution is 5.66. The first-order valence-electron chi connectivity index (χ1n) is 12.7. The molecule has 36 heavy (non-hydrogen) atoms. The summed E-state index contributed by atoms with van der Waals surface area (Å²) < 4.78 is 17.6. The van der Waals surface area contributed by atoms with Crippen molar-refractivity contribution in [3.8, 4) is 17.1 Å². The van der Waals surface area contributed by atoms with E-state index in [-0.39, 0.29) is 41.5 Å². The first kappa shape index (κ1) is 25.0. The molecule has 2 saturated carbocycles. The third-order valence-corrected chi connectivity index (χ3v) is 9.71. The van der Waals surface area contributed by atoms with Crippen molar-refractivity contribution in [3.63, 3.8) is 0 Å². The third kappa shape index (κ3) is 3.52. The van der Waals surface area contributed by atoms with E-state index in [2.05, 4.69) is 25.8 Å². The smallest absolute Gasteiger partial charge is 0.345 e. The Hall–Kier alpha value is -2.71. The maximum Gasteiger partial charge on any atom is 0.345 e. The van der Waals surface area contributed by atoms with Crippen LogP contribution in [0.3, 0.4) is 0 Å². The van der Waals surface area contributed by atoms with Gasteiger partial charge in [-0.05, 0) is 55.6 Å². The van der Waals surface area contributed by atoms with Crippen LogP contribution in [0.15, 0.2) is 39.8 Å².